The Hall–Kier alpha value is -0.590. The third kappa shape index (κ3) is 3.81. The van der Waals surface area contributed by atoms with Crippen molar-refractivity contribution in [2.75, 3.05) is 26.7 Å². The zero-order chi connectivity index (χ0) is 11.3. The van der Waals surface area contributed by atoms with Gasteiger partial charge in [0.2, 0.25) is 0 Å². The summed E-state index contributed by atoms with van der Waals surface area (Å²) in [6.45, 7) is 7.46. The summed E-state index contributed by atoms with van der Waals surface area (Å²) in [5.74, 6) is 0.708. The molecule has 0 aromatic carbocycles. The number of hydrogen-bond donors (Lipinski definition) is 1. The second-order valence-electron chi connectivity index (χ2n) is 5.11. The lowest BCUT2D eigenvalue weighted by Crippen LogP contribution is -2.52. The normalized spacial score (nSPS) is 21.5. The number of likely N-dealkylation sites (tertiary alicyclic amines) is 1. The topological polar surface area (TPSA) is 39.1 Å². The average molecular weight is 209 g/mol. The molecule has 0 aliphatic carbocycles. The van der Waals surface area contributed by atoms with Crippen molar-refractivity contribution in [2.45, 2.75) is 38.6 Å². The fraction of sp³-hybridized carbons (Fsp3) is 0.917. The molecule has 1 aliphatic rings. The number of hydrogen-bond acceptors (Lipinski definition) is 3. The van der Waals surface area contributed by atoms with Crippen LogP contribution in [0, 0.1) is 17.2 Å². The first-order valence-corrected chi connectivity index (χ1v) is 5.93. The molecule has 0 bridgehead atoms. The number of piperidine rings is 1. The number of nitrogens with zero attached hydrogens (tertiary/aromatic N) is 2. The largest absolute Gasteiger partial charge is 0.306 e. The SMILES string of the molecule is CC(C)CCNC1(C#N)CCN(C)CC1. The summed E-state index contributed by atoms with van der Waals surface area (Å²) in [5, 5.41) is 12.7. The lowest BCUT2D eigenvalue weighted by Gasteiger charge is -2.36. The molecule has 1 saturated heterocycles. The van der Waals surface area contributed by atoms with E-state index in [9.17, 15) is 5.26 Å². The molecule has 1 N–H and O–H groups in total. The minimum Gasteiger partial charge on any atom is -0.306 e. The highest BCUT2D eigenvalue weighted by Gasteiger charge is 2.32. The molecular formula is C12H23N3. The third-order valence-corrected chi connectivity index (χ3v) is 3.24. The summed E-state index contributed by atoms with van der Waals surface area (Å²) in [6.07, 6.45) is 3.06. The van der Waals surface area contributed by atoms with Gasteiger partial charge in [-0.1, -0.05) is 13.8 Å². The van der Waals surface area contributed by atoms with Crippen LogP contribution < -0.4 is 5.32 Å². The van der Waals surface area contributed by atoms with Gasteiger partial charge in [-0.15, -0.1) is 0 Å². The maximum atomic E-state index is 9.26. The van der Waals surface area contributed by atoms with Crippen LogP contribution in [0.4, 0.5) is 0 Å². The average Bonchev–Trinajstić information content (AvgIpc) is 2.21. The molecule has 0 unspecified atom stereocenters. The van der Waals surface area contributed by atoms with Crippen LogP contribution in [0.25, 0.3) is 0 Å². The summed E-state index contributed by atoms with van der Waals surface area (Å²) in [4.78, 5) is 2.29. The summed E-state index contributed by atoms with van der Waals surface area (Å²) < 4.78 is 0. The first-order chi connectivity index (χ1) is 7.08. The fourth-order valence-corrected chi connectivity index (χ4v) is 1.93. The van der Waals surface area contributed by atoms with E-state index in [1.807, 2.05) is 0 Å². The maximum absolute atomic E-state index is 9.26. The van der Waals surface area contributed by atoms with E-state index in [2.05, 4.69) is 37.2 Å². The second kappa shape index (κ2) is 5.48. The van der Waals surface area contributed by atoms with Gasteiger partial charge in [0, 0.05) is 13.1 Å². The second-order valence-corrected chi connectivity index (χ2v) is 5.11. The van der Waals surface area contributed by atoms with Crippen molar-refractivity contribution < 1.29 is 0 Å². The van der Waals surface area contributed by atoms with Crippen LogP contribution in [0.1, 0.15) is 33.1 Å². The van der Waals surface area contributed by atoms with Gasteiger partial charge in [-0.3, -0.25) is 5.32 Å². The minimum atomic E-state index is -0.249. The van der Waals surface area contributed by atoms with Crippen LogP contribution in [0.3, 0.4) is 0 Å². The van der Waals surface area contributed by atoms with E-state index in [0.717, 1.165) is 38.9 Å². The van der Waals surface area contributed by atoms with Gasteiger partial charge >= 0.3 is 0 Å². The zero-order valence-corrected chi connectivity index (χ0v) is 10.2. The quantitative estimate of drug-likeness (QED) is 0.764. The molecule has 0 atom stereocenters. The van der Waals surface area contributed by atoms with E-state index in [0.29, 0.717) is 5.92 Å². The van der Waals surface area contributed by atoms with Crippen molar-refractivity contribution in [1.82, 2.24) is 10.2 Å². The Kier molecular flexibility index (Phi) is 4.56. The molecule has 1 fully saturated rings. The van der Waals surface area contributed by atoms with E-state index in [1.54, 1.807) is 0 Å². The number of nitrogens with one attached hydrogen (secondary N) is 1. The lowest BCUT2D eigenvalue weighted by molar-refractivity contribution is 0.194. The third-order valence-electron chi connectivity index (χ3n) is 3.24. The van der Waals surface area contributed by atoms with Crippen molar-refractivity contribution in [3.63, 3.8) is 0 Å². The maximum Gasteiger partial charge on any atom is 0.109 e. The fourth-order valence-electron chi connectivity index (χ4n) is 1.93. The summed E-state index contributed by atoms with van der Waals surface area (Å²) in [6, 6.07) is 2.47. The Balaban J connectivity index is 2.38. The highest BCUT2D eigenvalue weighted by molar-refractivity contribution is 5.09. The van der Waals surface area contributed by atoms with E-state index >= 15 is 0 Å². The first kappa shape index (κ1) is 12.5. The molecule has 0 saturated carbocycles. The van der Waals surface area contributed by atoms with Crippen molar-refractivity contribution in [3.8, 4) is 6.07 Å². The highest BCUT2D eigenvalue weighted by atomic mass is 15.1. The minimum absolute atomic E-state index is 0.249. The van der Waals surface area contributed by atoms with Crippen molar-refractivity contribution in [1.29, 1.82) is 5.26 Å². The van der Waals surface area contributed by atoms with E-state index in [-0.39, 0.29) is 5.54 Å². The molecule has 1 rings (SSSR count). The van der Waals surface area contributed by atoms with E-state index < -0.39 is 0 Å². The smallest absolute Gasteiger partial charge is 0.109 e. The molecule has 1 aliphatic heterocycles. The van der Waals surface area contributed by atoms with Crippen molar-refractivity contribution >= 4 is 0 Å². The Morgan fingerprint density at radius 1 is 1.40 bits per heavy atom. The summed E-state index contributed by atoms with van der Waals surface area (Å²) in [7, 11) is 2.12. The Morgan fingerprint density at radius 2 is 2.00 bits per heavy atom. The van der Waals surface area contributed by atoms with E-state index in [4.69, 9.17) is 0 Å². The number of nitriles is 1. The monoisotopic (exact) mass is 209 g/mol. The molecule has 0 aromatic heterocycles. The van der Waals surface area contributed by atoms with Crippen LogP contribution in [0.15, 0.2) is 0 Å². The van der Waals surface area contributed by atoms with Crippen molar-refractivity contribution in [3.05, 3.63) is 0 Å². The molecule has 0 aromatic rings. The van der Waals surface area contributed by atoms with Gasteiger partial charge in [0.1, 0.15) is 5.54 Å². The van der Waals surface area contributed by atoms with Gasteiger partial charge in [0.25, 0.3) is 0 Å². The van der Waals surface area contributed by atoms with Gasteiger partial charge < -0.3 is 4.90 Å². The van der Waals surface area contributed by atoms with Crippen LogP contribution in [0.5, 0.6) is 0 Å². The molecule has 86 valence electrons. The molecule has 3 nitrogen and oxygen atoms in total. The summed E-state index contributed by atoms with van der Waals surface area (Å²) >= 11 is 0. The lowest BCUT2D eigenvalue weighted by atomic mass is 9.89. The molecule has 1 heterocycles. The Labute approximate surface area is 93.5 Å². The molecule has 0 spiro atoms. The van der Waals surface area contributed by atoms with Crippen LogP contribution >= 0.6 is 0 Å². The van der Waals surface area contributed by atoms with Gasteiger partial charge in [-0.05, 0) is 38.8 Å². The summed E-state index contributed by atoms with van der Waals surface area (Å²) in [5.41, 5.74) is -0.249. The predicted octanol–water partition coefficient (Wildman–Crippen LogP) is 1.61. The molecular weight excluding hydrogens is 186 g/mol. The van der Waals surface area contributed by atoms with Gasteiger partial charge in [0.05, 0.1) is 6.07 Å². The molecule has 0 amide bonds. The first-order valence-electron chi connectivity index (χ1n) is 5.93. The zero-order valence-electron chi connectivity index (χ0n) is 10.2. The predicted molar refractivity (Wildman–Crippen MR) is 62.5 cm³/mol. The van der Waals surface area contributed by atoms with Crippen molar-refractivity contribution in [2.24, 2.45) is 5.92 Å². The molecule has 0 radical (unpaired) electrons. The van der Waals surface area contributed by atoms with Gasteiger partial charge in [-0.25, -0.2) is 0 Å². The van der Waals surface area contributed by atoms with Crippen LogP contribution in [0.2, 0.25) is 0 Å². The Morgan fingerprint density at radius 3 is 2.47 bits per heavy atom. The van der Waals surface area contributed by atoms with Crippen LogP contribution in [-0.4, -0.2) is 37.1 Å². The van der Waals surface area contributed by atoms with Crippen LogP contribution in [-0.2, 0) is 0 Å². The van der Waals surface area contributed by atoms with Gasteiger partial charge in [0.15, 0.2) is 0 Å². The van der Waals surface area contributed by atoms with E-state index in [1.165, 1.54) is 0 Å². The highest BCUT2D eigenvalue weighted by Crippen LogP contribution is 2.20. The standard InChI is InChI=1S/C12H23N3/c1-11(2)4-7-14-12(10-13)5-8-15(3)9-6-12/h11,14H,4-9H2,1-3H3. The molecule has 15 heavy (non-hydrogen) atoms. The van der Waals surface area contributed by atoms with Gasteiger partial charge in [-0.2, -0.15) is 5.26 Å². The molecule has 3 heteroatoms. The Bertz CT molecular complexity index is 222. The number of rotatable bonds is 4.